The van der Waals surface area contributed by atoms with E-state index in [-0.39, 0.29) is 12.3 Å². The number of hydrogen-bond acceptors (Lipinski definition) is 4. The van der Waals surface area contributed by atoms with Gasteiger partial charge in [-0.3, -0.25) is 4.79 Å². The molecule has 0 bridgehead atoms. The number of hydrogen-bond donors (Lipinski definition) is 1. The Bertz CT molecular complexity index is 422. The lowest BCUT2D eigenvalue weighted by Crippen LogP contribution is -2.36. The summed E-state index contributed by atoms with van der Waals surface area (Å²) in [6.07, 6.45) is 3.99. The zero-order valence-electron chi connectivity index (χ0n) is 10.5. The SMILES string of the molecule is COc1cc(N2CCCC(CC(=O)O)C2)ccn1. The molecule has 0 amide bonds. The number of pyridine rings is 1. The highest BCUT2D eigenvalue weighted by Crippen LogP contribution is 2.26. The van der Waals surface area contributed by atoms with Gasteiger partial charge < -0.3 is 14.7 Å². The number of aliphatic carboxylic acids is 1. The third-order valence-electron chi connectivity index (χ3n) is 3.28. The predicted molar refractivity (Wildman–Crippen MR) is 68.0 cm³/mol. The molecule has 1 aliphatic heterocycles. The minimum atomic E-state index is -0.714. The van der Waals surface area contributed by atoms with Gasteiger partial charge >= 0.3 is 5.97 Å². The Kier molecular flexibility index (Phi) is 4.02. The number of piperidine rings is 1. The molecule has 1 aromatic heterocycles. The third-order valence-corrected chi connectivity index (χ3v) is 3.28. The Morgan fingerprint density at radius 2 is 2.50 bits per heavy atom. The van der Waals surface area contributed by atoms with E-state index in [9.17, 15) is 4.79 Å². The van der Waals surface area contributed by atoms with Crippen LogP contribution in [-0.4, -0.2) is 36.3 Å². The van der Waals surface area contributed by atoms with Gasteiger partial charge in [-0.1, -0.05) is 0 Å². The lowest BCUT2D eigenvalue weighted by molar-refractivity contribution is -0.138. The van der Waals surface area contributed by atoms with Crippen LogP contribution in [-0.2, 0) is 4.79 Å². The van der Waals surface area contributed by atoms with Gasteiger partial charge in [-0.05, 0) is 24.8 Å². The van der Waals surface area contributed by atoms with Crippen molar-refractivity contribution in [2.24, 2.45) is 5.92 Å². The second kappa shape index (κ2) is 5.71. The van der Waals surface area contributed by atoms with Crippen molar-refractivity contribution >= 4 is 11.7 Å². The first kappa shape index (κ1) is 12.7. The van der Waals surface area contributed by atoms with Crippen LogP contribution in [0, 0.1) is 5.92 Å². The zero-order valence-corrected chi connectivity index (χ0v) is 10.5. The minimum Gasteiger partial charge on any atom is -0.481 e. The van der Waals surface area contributed by atoms with Crippen molar-refractivity contribution in [1.29, 1.82) is 0 Å². The normalized spacial score (nSPS) is 19.6. The average molecular weight is 250 g/mol. The van der Waals surface area contributed by atoms with Crippen LogP contribution in [0.2, 0.25) is 0 Å². The molecular formula is C13H18N2O3. The summed E-state index contributed by atoms with van der Waals surface area (Å²) < 4.78 is 5.11. The fourth-order valence-corrected chi connectivity index (χ4v) is 2.42. The summed E-state index contributed by atoms with van der Waals surface area (Å²) >= 11 is 0. The van der Waals surface area contributed by atoms with Crippen molar-refractivity contribution in [2.75, 3.05) is 25.1 Å². The monoisotopic (exact) mass is 250 g/mol. The van der Waals surface area contributed by atoms with Crippen LogP contribution < -0.4 is 9.64 Å². The molecule has 98 valence electrons. The summed E-state index contributed by atoms with van der Waals surface area (Å²) in [7, 11) is 1.59. The van der Waals surface area contributed by atoms with Gasteiger partial charge in [0.1, 0.15) is 0 Å². The van der Waals surface area contributed by atoms with Crippen LogP contribution in [0.3, 0.4) is 0 Å². The van der Waals surface area contributed by atoms with Crippen molar-refractivity contribution in [3.05, 3.63) is 18.3 Å². The molecule has 1 N–H and O–H groups in total. The number of carboxylic acids is 1. The Labute approximate surface area is 106 Å². The van der Waals surface area contributed by atoms with Crippen LogP contribution in [0.25, 0.3) is 0 Å². The first-order valence-corrected chi connectivity index (χ1v) is 6.16. The maximum atomic E-state index is 10.8. The number of carboxylic acid groups (broad SMARTS) is 1. The first-order valence-electron chi connectivity index (χ1n) is 6.16. The average Bonchev–Trinajstić information content (AvgIpc) is 2.38. The van der Waals surface area contributed by atoms with E-state index in [1.165, 1.54) is 0 Å². The summed E-state index contributed by atoms with van der Waals surface area (Å²) in [5.74, 6) is 0.109. The Morgan fingerprint density at radius 3 is 3.22 bits per heavy atom. The van der Waals surface area contributed by atoms with Gasteiger partial charge in [0.2, 0.25) is 5.88 Å². The molecule has 2 rings (SSSR count). The Hall–Kier alpha value is -1.78. The quantitative estimate of drug-likeness (QED) is 0.882. The summed E-state index contributed by atoms with van der Waals surface area (Å²) in [6.45, 7) is 1.75. The number of carbonyl (C=O) groups is 1. The highest BCUT2D eigenvalue weighted by molar-refractivity contribution is 5.67. The van der Waals surface area contributed by atoms with E-state index in [0.717, 1.165) is 31.6 Å². The summed E-state index contributed by atoms with van der Waals surface area (Å²) in [4.78, 5) is 17.0. The van der Waals surface area contributed by atoms with Crippen molar-refractivity contribution in [2.45, 2.75) is 19.3 Å². The highest BCUT2D eigenvalue weighted by atomic mass is 16.5. The van der Waals surface area contributed by atoms with Crippen LogP contribution >= 0.6 is 0 Å². The van der Waals surface area contributed by atoms with Crippen molar-refractivity contribution in [1.82, 2.24) is 4.98 Å². The first-order chi connectivity index (χ1) is 8.69. The predicted octanol–water partition coefficient (Wildman–Crippen LogP) is 1.78. The van der Waals surface area contributed by atoms with E-state index in [2.05, 4.69) is 9.88 Å². The third kappa shape index (κ3) is 3.12. The molecule has 1 atom stereocenters. The standard InChI is InChI=1S/C13H18N2O3/c1-18-12-8-11(4-5-14-12)15-6-2-3-10(9-15)7-13(16)17/h4-5,8,10H,2-3,6-7,9H2,1H3,(H,16,17). The number of rotatable bonds is 4. The van der Waals surface area contributed by atoms with Gasteiger partial charge in [-0.2, -0.15) is 0 Å². The van der Waals surface area contributed by atoms with Crippen molar-refractivity contribution in [3.63, 3.8) is 0 Å². The van der Waals surface area contributed by atoms with Gasteiger partial charge in [-0.15, -0.1) is 0 Å². The second-order valence-electron chi connectivity index (χ2n) is 4.61. The smallest absolute Gasteiger partial charge is 0.303 e. The molecule has 0 saturated carbocycles. The van der Waals surface area contributed by atoms with E-state index in [0.29, 0.717) is 5.88 Å². The summed E-state index contributed by atoms with van der Waals surface area (Å²) in [6, 6.07) is 3.83. The number of methoxy groups -OCH3 is 1. The van der Waals surface area contributed by atoms with Crippen LogP contribution in [0.5, 0.6) is 5.88 Å². The topological polar surface area (TPSA) is 62.7 Å². The largest absolute Gasteiger partial charge is 0.481 e. The van der Waals surface area contributed by atoms with E-state index >= 15 is 0 Å². The van der Waals surface area contributed by atoms with Crippen molar-refractivity contribution < 1.29 is 14.6 Å². The van der Waals surface area contributed by atoms with E-state index in [1.807, 2.05) is 12.1 Å². The summed E-state index contributed by atoms with van der Waals surface area (Å²) in [5.41, 5.74) is 1.05. The van der Waals surface area contributed by atoms with Crippen molar-refractivity contribution in [3.8, 4) is 5.88 Å². The molecule has 0 spiro atoms. The lowest BCUT2D eigenvalue weighted by Gasteiger charge is -2.33. The van der Waals surface area contributed by atoms with Gasteiger partial charge in [0, 0.05) is 37.5 Å². The number of anilines is 1. The number of aromatic nitrogens is 1. The molecule has 0 aromatic carbocycles. The van der Waals surface area contributed by atoms with Gasteiger partial charge in [-0.25, -0.2) is 4.98 Å². The Morgan fingerprint density at radius 1 is 1.67 bits per heavy atom. The molecular weight excluding hydrogens is 232 g/mol. The molecule has 0 radical (unpaired) electrons. The highest BCUT2D eigenvalue weighted by Gasteiger charge is 2.22. The maximum Gasteiger partial charge on any atom is 0.303 e. The molecule has 0 aliphatic carbocycles. The fourth-order valence-electron chi connectivity index (χ4n) is 2.42. The second-order valence-corrected chi connectivity index (χ2v) is 4.61. The Balaban J connectivity index is 2.05. The van der Waals surface area contributed by atoms with Gasteiger partial charge in [0.25, 0.3) is 0 Å². The molecule has 1 saturated heterocycles. The zero-order chi connectivity index (χ0) is 13.0. The van der Waals surface area contributed by atoms with E-state index < -0.39 is 5.97 Å². The molecule has 1 aliphatic rings. The molecule has 5 nitrogen and oxygen atoms in total. The molecule has 1 aromatic rings. The minimum absolute atomic E-state index is 0.232. The lowest BCUT2D eigenvalue weighted by atomic mass is 9.94. The van der Waals surface area contributed by atoms with E-state index in [1.54, 1.807) is 13.3 Å². The maximum absolute atomic E-state index is 10.8. The molecule has 5 heteroatoms. The molecule has 2 heterocycles. The number of ether oxygens (including phenoxy) is 1. The van der Waals surface area contributed by atoms with E-state index in [4.69, 9.17) is 9.84 Å². The fraction of sp³-hybridized carbons (Fsp3) is 0.538. The summed E-state index contributed by atoms with van der Waals surface area (Å²) in [5, 5.41) is 8.86. The van der Waals surface area contributed by atoms with Crippen LogP contribution in [0.4, 0.5) is 5.69 Å². The molecule has 1 unspecified atom stereocenters. The van der Waals surface area contributed by atoms with Gasteiger partial charge in [0.05, 0.1) is 7.11 Å². The molecule has 1 fully saturated rings. The van der Waals surface area contributed by atoms with Crippen LogP contribution in [0.1, 0.15) is 19.3 Å². The van der Waals surface area contributed by atoms with Gasteiger partial charge in [0.15, 0.2) is 0 Å². The van der Waals surface area contributed by atoms with Crippen LogP contribution in [0.15, 0.2) is 18.3 Å². The number of nitrogens with zero attached hydrogens (tertiary/aromatic N) is 2. The molecule has 18 heavy (non-hydrogen) atoms.